The highest BCUT2D eigenvalue weighted by Gasteiger charge is 2.24. The summed E-state index contributed by atoms with van der Waals surface area (Å²) in [5.74, 6) is 0.639. The molecule has 37 heavy (non-hydrogen) atoms. The molecule has 1 aliphatic rings. The maximum atomic E-state index is 13.5. The van der Waals surface area contributed by atoms with Crippen LogP contribution in [0.1, 0.15) is 40.0 Å². The molecule has 1 unspecified atom stereocenters. The van der Waals surface area contributed by atoms with Crippen LogP contribution in [0.2, 0.25) is 0 Å². The maximum Gasteiger partial charge on any atom is 0.337 e. The third kappa shape index (κ3) is 4.72. The molecule has 190 valence electrons. The number of carbonyl (C=O) groups is 1. The zero-order valence-electron chi connectivity index (χ0n) is 21.2. The van der Waals surface area contributed by atoms with E-state index in [0.717, 1.165) is 43.1 Å². The number of hydrogen-bond donors (Lipinski definition) is 2. The number of aryl methyl sites for hydroxylation is 1. The molecule has 5 rings (SSSR count). The van der Waals surface area contributed by atoms with Gasteiger partial charge in [0, 0.05) is 49.8 Å². The predicted octanol–water partition coefficient (Wildman–Crippen LogP) is 3.90. The zero-order valence-corrected chi connectivity index (χ0v) is 21.2. The van der Waals surface area contributed by atoms with Gasteiger partial charge in [0.1, 0.15) is 17.3 Å². The van der Waals surface area contributed by atoms with Crippen LogP contribution in [0.5, 0.6) is 0 Å². The largest absolute Gasteiger partial charge is 0.478 e. The summed E-state index contributed by atoms with van der Waals surface area (Å²) in [6, 6.07) is 14.4. The lowest BCUT2D eigenvalue weighted by Gasteiger charge is -2.36. The number of benzene rings is 1. The molecule has 9 nitrogen and oxygen atoms in total. The van der Waals surface area contributed by atoms with E-state index in [2.05, 4.69) is 20.1 Å². The summed E-state index contributed by atoms with van der Waals surface area (Å²) in [6.45, 7) is 8.72. The SMILES string of the molecule is Cc1cc(C(C)Nc2ccccc2C(=O)O)c2nc(N3CCN(c4ccccn4)CC3)c(C)c(=O)n2c1. The molecule has 1 fully saturated rings. The lowest BCUT2D eigenvalue weighted by molar-refractivity contribution is 0.0698. The fourth-order valence-electron chi connectivity index (χ4n) is 4.91. The van der Waals surface area contributed by atoms with Crippen molar-refractivity contribution in [1.29, 1.82) is 0 Å². The number of fused-ring (bicyclic) bond motifs is 1. The first kappa shape index (κ1) is 24.3. The van der Waals surface area contributed by atoms with Crippen LogP contribution >= 0.6 is 0 Å². The predicted molar refractivity (Wildman–Crippen MR) is 145 cm³/mol. The average molecular weight is 499 g/mol. The maximum absolute atomic E-state index is 13.5. The van der Waals surface area contributed by atoms with Crippen LogP contribution in [0.25, 0.3) is 5.65 Å². The molecule has 0 bridgehead atoms. The Morgan fingerprint density at radius 3 is 2.43 bits per heavy atom. The number of nitrogens with zero attached hydrogens (tertiary/aromatic N) is 5. The van der Waals surface area contributed by atoms with Gasteiger partial charge < -0.3 is 20.2 Å². The smallest absolute Gasteiger partial charge is 0.337 e. The highest BCUT2D eigenvalue weighted by atomic mass is 16.4. The van der Waals surface area contributed by atoms with Gasteiger partial charge in [0.25, 0.3) is 5.56 Å². The molecule has 2 N–H and O–H groups in total. The second-order valence-corrected chi connectivity index (χ2v) is 9.41. The number of aromatic carboxylic acids is 1. The van der Waals surface area contributed by atoms with Crippen molar-refractivity contribution in [3.8, 4) is 0 Å². The summed E-state index contributed by atoms with van der Waals surface area (Å²) in [5, 5.41) is 12.9. The lowest BCUT2D eigenvalue weighted by Crippen LogP contribution is -2.47. The third-order valence-corrected chi connectivity index (χ3v) is 6.84. The molecule has 1 atom stereocenters. The molecule has 1 aliphatic heterocycles. The van der Waals surface area contributed by atoms with Crippen LogP contribution in [0, 0.1) is 13.8 Å². The van der Waals surface area contributed by atoms with Gasteiger partial charge in [-0.2, -0.15) is 0 Å². The molecule has 4 aromatic rings. The van der Waals surface area contributed by atoms with Crippen LogP contribution in [0.4, 0.5) is 17.3 Å². The highest BCUT2D eigenvalue weighted by molar-refractivity contribution is 5.94. The molecule has 9 heteroatoms. The Balaban J connectivity index is 1.50. The van der Waals surface area contributed by atoms with E-state index in [1.165, 1.54) is 0 Å². The number of rotatable bonds is 6. The Labute approximate surface area is 215 Å². The highest BCUT2D eigenvalue weighted by Crippen LogP contribution is 2.27. The van der Waals surface area contributed by atoms with Crippen molar-refractivity contribution in [2.75, 3.05) is 41.3 Å². The van der Waals surface area contributed by atoms with Crippen molar-refractivity contribution in [3.63, 3.8) is 0 Å². The average Bonchev–Trinajstić information content (AvgIpc) is 2.91. The van der Waals surface area contributed by atoms with E-state index in [1.54, 1.807) is 34.9 Å². The summed E-state index contributed by atoms with van der Waals surface area (Å²) >= 11 is 0. The minimum absolute atomic E-state index is 0.102. The van der Waals surface area contributed by atoms with Crippen molar-refractivity contribution >= 4 is 28.9 Å². The van der Waals surface area contributed by atoms with Gasteiger partial charge in [0.05, 0.1) is 17.2 Å². The molecular formula is C28H30N6O3. The van der Waals surface area contributed by atoms with Gasteiger partial charge in [-0.3, -0.25) is 9.20 Å². The normalized spacial score (nSPS) is 14.6. The molecule has 3 aromatic heterocycles. The number of piperazine rings is 1. The van der Waals surface area contributed by atoms with Crippen molar-refractivity contribution in [1.82, 2.24) is 14.4 Å². The van der Waals surface area contributed by atoms with E-state index in [9.17, 15) is 14.7 Å². The summed E-state index contributed by atoms with van der Waals surface area (Å²) in [7, 11) is 0. The Bertz CT molecular complexity index is 1510. The Morgan fingerprint density at radius 2 is 1.73 bits per heavy atom. The molecule has 0 amide bonds. The van der Waals surface area contributed by atoms with Crippen molar-refractivity contribution in [3.05, 3.63) is 93.5 Å². The first-order valence-corrected chi connectivity index (χ1v) is 12.4. The number of pyridine rings is 2. The monoisotopic (exact) mass is 498 g/mol. The summed E-state index contributed by atoms with van der Waals surface area (Å²) in [5.41, 5.74) is 3.53. The number of aromatic nitrogens is 3. The topological polar surface area (TPSA) is 103 Å². The molecule has 0 saturated carbocycles. The fourth-order valence-corrected chi connectivity index (χ4v) is 4.91. The number of hydrogen-bond acceptors (Lipinski definition) is 7. The van der Waals surface area contributed by atoms with Gasteiger partial charge in [0.2, 0.25) is 0 Å². The van der Waals surface area contributed by atoms with Gasteiger partial charge in [0.15, 0.2) is 0 Å². The van der Waals surface area contributed by atoms with Gasteiger partial charge in [-0.25, -0.2) is 14.8 Å². The van der Waals surface area contributed by atoms with E-state index < -0.39 is 5.97 Å². The molecule has 0 radical (unpaired) electrons. The first-order chi connectivity index (χ1) is 17.8. The first-order valence-electron chi connectivity index (χ1n) is 12.4. The minimum Gasteiger partial charge on any atom is -0.478 e. The second kappa shape index (κ2) is 9.93. The quantitative estimate of drug-likeness (QED) is 0.413. The Hall–Kier alpha value is -4.40. The summed E-state index contributed by atoms with van der Waals surface area (Å²) in [4.78, 5) is 39.1. The van der Waals surface area contributed by atoms with Crippen LogP contribution < -0.4 is 20.7 Å². The fraction of sp³-hybridized carbons (Fsp3) is 0.286. The van der Waals surface area contributed by atoms with Crippen LogP contribution in [-0.4, -0.2) is 51.6 Å². The number of anilines is 3. The Kier molecular flexibility index (Phi) is 6.52. The molecule has 0 spiro atoms. The van der Waals surface area contributed by atoms with Gasteiger partial charge in [-0.05, 0) is 56.7 Å². The Morgan fingerprint density at radius 1 is 1.03 bits per heavy atom. The standard InChI is InChI=1S/C28H30N6O3/c1-18-16-22(20(3)30-23-9-5-4-8-21(23)28(36)37)26-31-25(19(2)27(35)34(26)17-18)33-14-12-32(13-15-33)24-10-6-7-11-29-24/h4-11,16-17,20,30H,12-15H2,1-3H3,(H,36,37). The van der Waals surface area contributed by atoms with E-state index in [-0.39, 0.29) is 17.2 Å². The summed E-state index contributed by atoms with van der Waals surface area (Å²) < 4.78 is 1.61. The molecular weight excluding hydrogens is 468 g/mol. The van der Waals surface area contributed by atoms with Gasteiger partial charge in [-0.1, -0.05) is 18.2 Å². The zero-order chi connectivity index (χ0) is 26.1. The van der Waals surface area contributed by atoms with Gasteiger partial charge >= 0.3 is 5.97 Å². The van der Waals surface area contributed by atoms with Crippen LogP contribution in [0.15, 0.2) is 65.7 Å². The van der Waals surface area contributed by atoms with E-state index in [0.29, 0.717) is 22.7 Å². The van der Waals surface area contributed by atoms with Crippen molar-refractivity contribution < 1.29 is 9.90 Å². The molecule has 1 aromatic carbocycles. The molecule has 4 heterocycles. The van der Waals surface area contributed by atoms with E-state index >= 15 is 0 Å². The summed E-state index contributed by atoms with van der Waals surface area (Å²) in [6.07, 6.45) is 3.60. The third-order valence-electron chi connectivity index (χ3n) is 6.84. The van der Waals surface area contributed by atoms with Crippen LogP contribution in [-0.2, 0) is 0 Å². The number of nitrogens with one attached hydrogen (secondary N) is 1. The minimum atomic E-state index is -0.999. The van der Waals surface area contributed by atoms with E-state index in [4.69, 9.17) is 4.98 Å². The number of carboxylic acid groups (broad SMARTS) is 1. The van der Waals surface area contributed by atoms with Gasteiger partial charge in [-0.15, -0.1) is 0 Å². The van der Waals surface area contributed by atoms with Crippen LogP contribution in [0.3, 0.4) is 0 Å². The molecule has 1 saturated heterocycles. The number of carboxylic acids is 1. The lowest BCUT2D eigenvalue weighted by atomic mass is 10.1. The molecule has 0 aliphatic carbocycles. The van der Waals surface area contributed by atoms with Crippen molar-refractivity contribution in [2.24, 2.45) is 0 Å². The number of para-hydroxylation sites is 1. The second-order valence-electron chi connectivity index (χ2n) is 9.41. The van der Waals surface area contributed by atoms with E-state index in [1.807, 2.05) is 51.2 Å². The van der Waals surface area contributed by atoms with Crippen molar-refractivity contribution in [2.45, 2.75) is 26.8 Å².